The van der Waals surface area contributed by atoms with Crippen molar-refractivity contribution in [2.24, 2.45) is 7.05 Å². The summed E-state index contributed by atoms with van der Waals surface area (Å²) in [6, 6.07) is 19.3. The van der Waals surface area contributed by atoms with Crippen LogP contribution in [0.15, 0.2) is 66.7 Å². The lowest BCUT2D eigenvalue weighted by Crippen LogP contribution is -2.31. The maximum atomic E-state index is 9.09. The average Bonchev–Trinajstić information content (AvgIpc) is 3.13. The van der Waals surface area contributed by atoms with Gasteiger partial charge >= 0.3 is 0 Å². The Kier molecular flexibility index (Phi) is 2.85. The summed E-state index contributed by atoms with van der Waals surface area (Å²) in [7, 11) is 1.85. The van der Waals surface area contributed by atoms with E-state index in [1.165, 1.54) is 32.0 Å². The molecule has 0 N–H and O–H groups in total. The zero-order valence-electron chi connectivity index (χ0n) is 27.7. The van der Waals surface area contributed by atoms with Crippen LogP contribution < -0.4 is 4.57 Å². The molecule has 1 aromatic heterocycles. The van der Waals surface area contributed by atoms with Gasteiger partial charge in [0.2, 0.25) is 0 Å². The number of hydrogen-bond donors (Lipinski definition) is 0. The van der Waals surface area contributed by atoms with E-state index < -0.39 is 31.9 Å². The summed E-state index contributed by atoms with van der Waals surface area (Å²) in [6.45, 7) is -4.47. The molecular weight excluding hydrogens is 364 g/mol. The molecule has 2 nitrogen and oxygen atoms in total. The summed E-state index contributed by atoms with van der Waals surface area (Å²) in [4.78, 5) is 0. The number of benzene rings is 3. The third-order valence-corrected chi connectivity index (χ3v) is 5.60. The van der Waals surface area contributed by atoms with Crippen LogP contribution in [0.1, 0.15) is 70.7 Å². The minimum Gasteiger partial charge on any atom is -0.225 e. The molecule has 0 amide bonds. The Morgan fingerprint density at radius 3 is 2.47 bits per heavy atom. The number of fused-ring (bicyclic) bond motifs is 1. The monoisotopic (exact) mass is 407 g/mol. The molecule has 0 saturated heterocycles. The first kappa shape index (κ1) is 11.5. The first-order valence-corrected chi connectivity index (χ1v) is 9.96. The van der Waals surface area contributed by atoms with Crippen molar-refractivity contribution < 1.29 is 18.3 Å². The Morgan fingerprint density at radius 1 is 1.00 bits per heavy atom. The molecule has 2 heteroatoms. The molecule has 0 aliphatic rings. The predicted molar refractivity (Wildman–Crippen MR) is 127 cm³/mol. The van der Waals surface area contributed by atoms with Crippen molar-refractivity contribution >= 4 is 11.0 Å². The highest BCUT2D eigenvalue weighted by atomic mass is 15.2. The van der Waals surface area contributed by atoms with E-state index in [1.807, 2.05) is 61.0 Å². The molecule has 0 spiro atoms. The highest BCUT2D eigenvalue weighted by molar-refractivity contribution is 5.81. The molecule has 0 radical (unpaired) electrons. The van der Waals surface area contributed by atoms with E-state index in [1.54, 1.807) is 10.6 Å². The Labute approximate surface area is 194 Å². The van der Waals surface area contributed by atoms with Crippen molar-refractivity contribution in [2.45, 2.75) is 52.6 Å². The number of para-hydroxylation sites is 3. The van der Waals surface area contributed by atoms with Gasteiger partial charge in [0, 0.05) is 24.8 Å². The fraction of sp³-hybridized carbons (Fsp3) is 0.321. The van der Waals surface area contributed by atoms with Crippen LogP contribution in [0.25, 0.3) is 28.1 Å². The third-order valence-electron chi connectivity index (χ3n) is 5.60. The van der Waals surface area contributed by atoms with Gasteiger partial charge in [-0.15, -0.1) is 0 Å². The molecule has 0 bridgehead atoms. The quantitative estimate of drug-likeness (QED) is 0.328. The Bertz CT molecular complexity index is 1560. The summed E-state index contributed by atoms with van der Waals surface area (Å²) in [5.74, 6) is -1.62. The number of aromatic nitrogens is 2. The van der Waals surface area contributed by atoms with Crippen molar-refractivity contribution in [1.82, 2.24) is 4.57 Å². The van der Waals surface area contributed by atoms with Crippen LogP contribution in [-0.2, 0) is 12.5 Å². The van der Waals surface area contributed by atoms with Crippen LogP contribution in [0.4, 0.5) is 0 Å². The van der Waals surface area contributed by atoms with Crippen molar-refractivity contribution in [2.75, 3.05) is 0 Å². The SMILES string of the molecule is [2H]C([2H])([2H])C([2H])(C)c1cccc(C(C)(C([2H])([2H])[2H])C([2H])([2H])[2H])c1-n1c(-c2ccccc2C)[n+](C)c2ccccc21. The van der Waals surface area contributed by atoms with Crippen molar-refractivity contribution in [1.29, 1.82) is 0 Å². The van der Waals surface area contributed by atoms with Crippen LogP contribution in [0.2, 0.25) is 0 Å². The van der Waals surface area contributed by atoms with Crippen LogP contribution in [-0.4, -0.2) is 4.57 Å². The second-order valence-corrected chi connectivity index (χ2v) is 7.97. The maximum absolute atomic E-state index is 9.09. The van der Waals surface area contributed by atoms with E-state index in [2.05, 4.69) is 0 Å². The Morgan fingerprint density at radius 2 is 1.73 bits per heavy atom. The zero-order valence-corrected chi connectivity index (χ0v) is 17.7. The third kappa shape index (κ3) is 3.25. The standard InChI is InChI=1S/C28H33N2/c1-19(2)21-15-12-16-23(28(4,5)6)26(21)30-25-18-11-10-17-24(25)29(7)27(30)22-14-9-8-13-20(22)3/h8-19H,1-7H3/q+1/i1D3,4D3,5D3,19D. The zero-order chi connectivity index (χ0) is 30.1. The van der Waals surface area contributed by atoms with Crippen LogP contribution in [0.3, 0.4) is 0 Å². The summed E-state index contributed by atoms with van der Waals surface area (Å²) in [6.07, 6.45) is 0. The minimum absolute atomic E-state index is 0.000845. The molecule has 3 aromatic carbocycles. The molecule has 0 aliphatic carbocycles. The lowest BCUT2D eigenvalue weighted by molar-refractivity contribution is -0.633. The summed E-state index contributed by atoms with van der Waals surface area (Å²) in [5, 5.41) is 0. The first-order valence-electron chi connectivity index (χ1n) is 15.0. The van der Waals surface area contributed by atoms with Gasteiger partial charge in [-0.2, -0.15) is 4.57 Å². The lowest BCUT2D eigenvalue weighted by atomic mass is 9.82. The van der Waals surface area contributed by atoms with Gasteiger partial charge in [-0.25, -0.2) is 4.57 Å². The molecule has 0 saturated carbocycles. The lowest BCUT2D eigenvalue weighted by Gasteiger charge is -2.25. The summed E-state index contributed by atoms with van der Waals surface area (Å²) in [5.41, 5.74) is 0.643. The Balaban J connectivity index is 2.36. The van der Waals surface area contributed by atoms with Crippen molar-refractivity contribution in [3.63, 3.8) is 0 Å². The smallest absolute Gasteiger partial charge is 0.225 e. The van der Waals surface area contributed by atoms with Gasteiger partial charge in [0.05, 0.1) is 12.6 Å². The number of rotatable bonds is 3. The normalized spacial score (nSPS) is 20.3. The summed E-state index contributed by atoms with van der Waals surface area (Å²) < 4.78 is 87.9. The van der Waals surface area contributed by atoms with Crippen LogP contribution in [0, 0.1) is 6.92 Å². The van der Waals surface area contributed by atoms with E-state index in [-0.39, 0.29) is 16.8 Å². The highest BCUT2D eigenvalue weighted by Crippen LogP contribution is 2.38. The molecule has 30 heavy (non-hydrogen) atoms. The van der Waals surface area contributed by atoms with Gasteiger partial charge in [0.25, 0.3) is 5.82 Å². The molecule has 1 unspecified atom stereocenters. The topological polar surface area (TPSA) is 8.81 Å². The van der Waals surface area contributed by atoms with E-state index in [0.717, 1.165) is 16.6 Å². The van der Waals surface area contributed by atoms with Crippen molar-refractivity contribution in [3.05, 3.63) is 83.4 Å². The van der Waals surface area contributed by atoms with E-state index in [9.17, 15) is 0 Å². The number of nitrogens with zero attached hydrogens (tertiary/aromatic N) is 2. The molecule has 1 atom stereocenters. The Hall–Kier alpha value is -2.87. The average molecular weight is 408 g/mol. The van der Waals surface area contributed by atoms with Crippen LogP contribution in [0.5, 0.6) is 0 Å². The maximum Gasteiger partial charge on any atom is 0.295 e. The second-order valence-electron chi connectivity index (χ2n) is 7.97. The molecule has 1 heterocycles. The van der Waals surface area contributed by atoms with Gasteiger partial charge in [0.1, 0.15) is 5.69 Å². The number of aryl methyl sites for hydroxylation is 2. The fourth-order valence-corrected chi connectivity index (χ4v) is 4.16. The predicted octanol–water partition coefficient (Wildman–Crippen LogP) is 6.85. The molecule has 4 rings (SSSR count). The molecule has 154 valence electrons. The van der Waals surface area contributed by atoms with Gasteiger partial charge in [0.15, 0.2) is 11.0 Å². The van der Waals surface area contributed by atoms with E-state index >= 15 is 0 Å². The van der Waals surface area contributed by atoms with Crippen molar-refractivity contribution in [3.8, 4) is 17.1 Å². The summed E-state index contributed by atoms with van der Waals surface area (Å²) >= 11 is 0. The second kappa shape index (κ2) is 7.43. The highest BCUT2D eigenvalue weighted by Gasteiger charge is 2.32. The van der Waals surface area contributed by atoms with Gasteiger partial charge in [-0.3, -0.25) is 0 Å². The van der Waals surface area contributed by atoms with Gasteiger partial charge < -0.3 is 0 Å². The molecular formula is C28H33N2+. The number of imidazole rings is 1. The minimum atomic E-state index is -3.00. The molecule has 0 aliphatic heterocycles. The van der Waals surface area contributed by atoms with E-state index in [4.69, 9.17) is 13.7 Å². The largest absolute Gasteiger partial charge is 0.295 e. The van der Waals surface area contributed by atoms with Gasteiger partial charge in [-0.1, -0.05) is 82.9 Å². The number of hydrogen-bond acceptors (Lipinski definition) is 0. The molecule has 0 fully saturated rings. The fourth-order valence-electron chi connectivity index (χ4n) is 4.16. The first-order chi connectivity index (χ1) is 18.3. The van der Waals surface area contributed by atoms with Crippen LogP contribution >= 0.6 is 0 Å². The molecule has 4 aromatic rings. The van der Waals surface area contributed by atoms with E-state index in [0.29, 0.717) is 11.3 Å². The van der Waals surface area contributed by atoms with Gasteiger partial charge in [-0.05, 0) is 42.0 Å².